The predicted molar refractivity (Wildman–Crippen MR) is 104 cm³/mol. The van der Waals surface area contributed by atoms with Crippen molar-refractivity contribution in [2.45, 2.75) is 12.5 Å². The summed E-state index contributed by atoms with van der Waals surface area (Å²) < 4.78 is 5.25. The molecule has 6 heteroatoms. The predicted octanol–water partition coefficient (Wildman–Crippen LogP) is 3.28. The number of H-pyrrole nitrogens is 1. The molecular formula is C21H23N3O3. The number of ether oxygens (including phenoxy) is 1. The molecule has 3 rings (SSSR count). The van der Waals surface area contributed by atoms with Gasteiger partial charge in [0.1, 0.15) is 5.75 Å². The normalized spacial score (nSPS) is 11.8. The lowest BCUT2D eigenvalue weighted by Gasteiger charge is -2.19. The summed E-state index contributed by atoms with van der Waals surface area (Å²) in [4.78, 5) is 14.5. The van der Waals surface area contributed by atoms with E-state index in [1.807, 2.05) is 54.6 Å². The van der Waals surface area contributed by atoms with E-state index in [0.717, 1.165) is 11.1 Å². The van der Waals surface area contributed by atoms with E-state index < -0.39 is 6.10 Å². The zero-order valence-electron chi connectivity index (χ0n) is 15.4. The molecule has 0 unspecified atom stereocenters. The van der Waals surface area contributed by atoms with Crippen LogP contribution in [0.4, 0.5) is 0 Å². The molecule has 0 saturated heterocycles. The molecule has 2 aromatic carbocycles. The van der Waals surface area contributed by atoms with Crippen LogP contribution >= 0.6 is 0 Å². The van der Waals surface area contributed by atoms with E-state index in [-0.39, 0.29) is 5.91 Å². The fourth-order valence-corrected chi connectivity index (χ4v) is 2.91. The maximum absolute atomic E-state index is 12.9. The number of benzene rings is 2. The number of nitrogens with zero attached hydrogens (tertiary/aromatic N) is 2. The van der Waals surface area contributed by atoms with Gasteiger partial charge in [-0.1, -0.05) is 42.5 Å². The molecule has 1 amide bonds. The van der Waals surface area contributed by atoms with Gasteiger partial charge in [0.25, 0.3) is 5.91 Å². The lowest BCUT2D eigenvalue weighted by Crippen LogP contribution is -2.28. The lowest BCUT2D eigenvalue weighted by molar-refractivity contribution is 0.0762. The van der Waals surface area contributed by atoms with E-state index in [9.17, 15) is 9.90 Å². The molecule has 27 heavy (non-hydrogen) atoms. The number of aliphatic hydroxyl groups excluding tert-OH is 1. The van der Waals surface area contributed by atoms with Crippen molar-refractivity contribution in [3.63, 3.8) is 0 Å². The molecule has 0 aliphatic rings. The van der Waals surface area contributed by atoms with Gasteiger partial charge in [0.2, 0.25) is 0 Å². The monoisotopic (exact) mass is 365 g/mol. The van der Waals surface area contributed by atoms with Gasteiger partial charge in [-0.3, -0.25) is 9.89 Å². The average Bonchev–Trinajstić information content (AvgIpc) is 3.21. The molecule has 0 aliphatic heterocycles. The van der Waals surface area contributed by atoms with Crippen molar-refractivity contribution < 1.29 is 14.6 Å². The number of nitrogens with one attached hydrogen (secondary N) is 1. The van der Waals surface area contributed by atoms with E-state index in [4.69, 9.17) is 4.74 Å². The van der Waals surface area contributed by atoms with Crippen LogP contribution in [0, 0.1) is 0 Å². The second-order valence-corrected chi connectivity index (χ2v) is 6.33. The molecule has 2 N–H and O–H groups in total. The van der Waals surface area contributed by atoms with Gasteiger partial charge in [0.05, 0.1) is 30.7 Å². The van der Waals surface area contributed by atoms with Crippen molar-refractivity contribution in [1.82, 2.24) is 15.1 Å². The maximum atomic E-state index is 12.9. The van der Waals surface area contributed by atoms with Gasteiger partial charge in [0, 0.05) is 19.2 Å². The van der Waals surface area contributed by atoms with Crippen LogP contribution in [0.1, 0.15) is 28.4 Å². The van der Waals surface area contributed by atoms with Gasteiger partial charge >= 0.3 is 0 Å². The Balaban J connectivity index is 1.70. The summed E-state index contributed by atoms with van der Waals surface area (Å²) in [5.74, 6) is 0.557. The Bertz CT molecular complexity index is 892. The second-order valence-electron chi connectivity index (χ2n) is 6.33. The highest BCUT2D eigenvalue weighted by molar-refractivity contribution is 5.99. The number of amides is 1. The zero-order valence-corrected chi connectivity index (χ0v) is 15.4. The first-order chi connectivity index (χ1) is 13.1. The summed E-state index contributed by atoms with van der Waals surface area (Å²) in [5.41, 5.74) is 2.81. The number of hydrogen-bond donors (Lipinski definition) is 2. The van der Waals surface area contributed by atoms with Crippen LogP contribution in [0.3, 0.4) is 0 Å². The largest absolute Gasteiger partial charge is 0.497 e. The molecule has 1 aromatic heterocycles. The molecule has 3 aromatic rings. The third-order valence-corrected chi connectivity index (χ3v) is 4.50. The van der Waals surface area contributed by atoms with Crippen LogP contribution in [0.5, 0.6) is 5.75 Å². The van der Waals surface area contributed by atoms with Crippen molar-refractivity contribution >= 4 is 5.91 Å². The molecule has 1 heterocycles. The van der Waals surface area contributed by atoms with Crippen LogP contribution in [0.25, 0.3) is 11.3 Å². The SMILES string of the molecule is COc1cccc(-c2[nH]ncc2C(=O)N(C)CC[C@@H](O)c2ccccc2)c1. The lowest BCUT2D eigenvalue weighted by atomic mass is 10.1. The number of rotatable bonds is 7. The van der Waals surface area contributed by atoms with Crippen molar-refractivity contribution in [1.29, 1.82) is 0 Å². The minimum atomic E-state index is -0.608. The summed E-state index contributed by atoms with van der Waals surface area (Å²) in [7, 11) is 3.33. The number of hydrogen-bond acceptors (Lipinski definition) is 4. The van der Waals surface area contributed by atoms with Crippen molar-refractivity contribution in [3.05, 3.63) is 71.9 Å². The van der Waals surface area contributed by atoms with Crippen LogP contribution in [0.15, 0.2) is 60.8 Å². The Morgan fingerprint density at radius 1 is 1.22 bits per heavy atom. The Hall–Kier alpha value is -3.12. The number of aliphatic hydroxyl groups is 1. The highest BCUT2D eigenvalue weighted by atomic mass is 16.5. The molecular weight excluding hydrogens is 342 g/mol. The van der Waals surface area contributed by atoms with E-state index in [0.29, 0.717) is 30.0 Å². The van der Waals surface area contributed by atoms with Crippen LogP contribution < -0.4 is 4.74 Å². The molecule has 0 radical (unpaired) electrons. The molecule has 0 aliphatic carbocycles. The van der Waals surface area contributed by atoms with Gasteiger partial charge in [-0.2, -0.15) is 5.10 Å². The van der Waals surface area contributed by atoms with Gasteiger partial charge in [0.15, 0.2) is 0 Å². The quantitative estimate of drug-likeness (QED) is 0.673. The van der Waals surface area contributed by atoms with Crippen LogP contribution in [-0.2, 0) is 0 Å². The minimum absolute atomic E-state index is 0.151. The smallest absolute Gasteiger partial charge is 0.257 e. The topological polar surface area (TPSA) is 78.5 Å². The fourth-order valence-electron chi connectivity index (χ4n) is 2.91. The number of aromatic amines is 1. The summed E-state index contributed by atoms with van der Waals surface area (Å²) in [6.07, 6.45) is 1.38. The van der Waals surface area contributed by atoms with E-state index in [2.05, 4.69) is 10.2 Å². The molecule has 1 atom stereocenters. The van der Waals surface area contributed by atoms with Gasteiger partial charge in [-0.25, -0.2) is 0 Å². The van der Waals surface area contributed by atoms with Gasteiger partial charge in [-0.15, -0.1) is 0 Å². The number of aromatic nitrogens is 2. The second kappa shape index (κ2) is 8.51. The molecule has 0 fully saturated rings. The Labute approximate surface area is 158 Å². The van der Waals surface area contributed by atoms with Gasteiger partial charge in [-0.05, 0) is 24.1 Å². The van der Waals surface area contributed by atoms with E-state index in [1.165, 1.54) is 6.20 Å². The van der Waals surface area contributed by atoms with E-state index >= 15 is 0 Å². The standard InChI is InChI=1S/C21H23N3O3/c1-24(12-11-19(25)15-7-4-3-5-8-15)21(26)18-14-22-23-20(18)16-9-6-10-17(13-16)27-2/h3-10,13-14,19,25H,11-12H2,1-2H3,(H,22,23)/t19-/m1/s1. The summed E-state index contributed by atoms with van der Waals surface area (Å²) in [6.45, 7) is 0.428. The van der Waals surface area contributed by atoms with E-state index in [1.54, 1.807) is 19.1 Å². The van der Waals surface area contributed by atoms with Crippen molar-refractivity contribution in [2.24, 2.45) is 0 Å². The fraction of sp³-hybridized carbons (Fsp3) is 0.238. The van der Waals surface area contributed by atoms with Crippen LogP contribution in [-0.4, -0.2) is 46.8 Å². The minimum Gasteiger partial charge on any atom is -0.497 e. The molecule has 0 bridgehead atoms. The van der Waals surface area contributed by atoms with Crippen molar-refractivity contribution in [3.8, 4) is 17.0 Å². The summed E-state index contributed by atoms with van der Waals surface area (Å²) in [6, 6.07) is 16.9. The summed E-state index contributed by atoms with van der Waals surface area (Å²) in [5, 5.41) is 17.2. The highest BCUT2D eigenvalue weighted by Gasteiger charge is 2.20. The Morgan fingerprint density at radius 3 is 2.74 bits per heavy atom. The average molecular weight is 365 g/mol. The molecule has 0 spiro atoms. The number of carbonyl (C=O) groups excluding carboxylic acids is 1. The third-order valence-electron chi connectivity index (χ3n) is 4.50. The Morgan fingerprint density at radius 2 is 2.00 bits per heavy atom. The molecule has 0 saturated carbocycles. The Kier molecular flexibility index (Phi) is 5.88. The zero-order chi connectivity index (χ0) is 19.2. The maximum Gasteiger partial charge on any atom is 0.257 e. The van der Waals surface area contributed by atoms with Crippen molar-refractivity contribution in [2.75, 3.05) is 20.7 Å². The molecule has 140 valence electrons. The summed E-state index contributed by atoms with van der Waals surface area (Å²) >= 11 is 0. The van der Waals surface area contributed by atoms with Gasteiger partial charge < -0.3 is 14.7 Å². The number of methoxy groups -OCH3 is 1. The first-order valence-electron chi connectivity index (χ1n) is 8.76. The van der Waals surface area contributed by atoms with Crippen LogP contribution in [0.2, 0.25) is 0 Å². The first-order valence-corrected chi connectivity index (χ1v) is 8.76. The third kappa shape index (κ3) is 4.35. The highest BCUT2D eigenvalue weighted by Crippen LogP contribution is 2.26. The molecule has 6 nitrogen and oxygen atoms in total. The first kappa shape index (κ1) is 18.7. The number of carbonyl (C=O) groups is 1.